The number of benzene rings is 1. The quantitative estimate of drug-likeness (QED) is 0.516. The van der Waals surface area contributed by atoms with Gasteiger partial charge in [0.25, 0.3) is 5.78 Å². The van der Waals surface area contributed by atoms with Crippen molar-refractivity contribution in [1.82, 2.24) is 5.43 Å². The fourth-order valence-corrected chi connectivity index (χ4v) is 2.31. The van der Waals surface area contributed by atoms with Crippen molar-refractivity contribution in [3.05, 3.63) is 50.6 Å². The van der Waals surface area contributed by atoms with Gasteiger partial charge in [0.1, 0.15) is 0 Å². The molecule has 1 amide bonds. The molecule has 19 heavy (non-hydrogen) atoms. The topological polar surface area (TPSA) is 58.2 Å². The minimum atomic E-state index is -0.765. The maximum Gasteiger partial charge on any atom is 0.311 e. The molecule has 1 heterocycles. The first-order valence-corrected chi connectivity index (χ1v) is 6.81. The molecule has 0 aliphatic heterocycles. The van der Waals surface area contributed by atoms with E-state index in [9.17, 15) is 9.59 Å². The van der Waals surface area contributed by atoms with Gasteiger partial charge in [-0.3, -0.25) is 20.4 Å². The molecule has 0 aliphatic rings. The van der Waals surface area contributed by atoms with Gasteiger partial charge in [-0.2, -0.15) is 0 Å². The van der Waals surface area contributed by atoms with E-state index < -0.39 is 11.7 Å². The molecule has 0 spiro atoms. The summed E-state index contributed by atoms with van der Waals surface area (Å²) in [6.07, 6.45) is 0. The van der Waals surface area contributed by atoms with Gasteiger partial charge >= 0.3 is 5.91 Å². The van der Waals surface area contributed by atoms with E-state index in [-0.39, 0.29) is 5.02 Å². The second-order valence-corrected chi connectivity index (χ2v) is 5.22. The highest BCUT2D eigenvalue weighted by Gasteiger charge is 2.17. The minimum Gasteiger partial charge on any atom is -0.297 e. The second-order valence-electron chi connectivity index (χ2n) is 3.49. The van der Waals surface area contributed by atoms with Gasteiger partial charge in [0.15, 0.2) is 0 Å². The fourth-order valence-electron chi connectivity index (χ4n) is 1.30. The van der Waals surface area contributed by atoms with Gasteiger partial charge in [-0.25, -0.2) is 0 Å². The fraction of sp³-hybridized carbons (Fsp3) is 0. The summed E-state index contributed by atoms with van der Waals surface area (Å²) in [6.45, 7) is 0. The summed E-state index contributed by atoms with van der Waals surface area (Å²) in [6, 6.07) is 8.20. The molecule has 0 fully saturated rings. The molecule has 4 nitrogen and oxygen atoms in total. The molecular formula is C12H8Cl2N2O2S. The number of hydrogen-bond donors (Lipinski definition) is 2. The summed E-state index contributed by atoms with van der Waals surface area (Å²) in [4.78, 5) is 23.7. The highest BCUT2D eigenvalue weighted by molar-refractivity contribution is 7.13. The third-order valence-electron chi connectivity index (χ3n) is 2.21. The van der Waals surface area contributed by atoms with Crippen LogP contribution in [0.3, 0.4) is 0 Å². The highest BCUT2D eigenvalue weighted by atomic mass is 35.5. The first-order valence-electron chi connectivity index (χ1n) is 5.18. The number of carbonyl (C=O) groups excluding carboxylic acids is 2. The Morgan fingerprint density at radius 3 is 2.58 bits per heavy atom. The van der Waals surface area contributed by atoms with Crippen LogP contribution >= 0.6 is 34.5 Å². The number of nitrogens with one attached hydrogen (secondary N) is 2. The number of amides is 1. The molecule has 0 atom stereocenters. The van der Waals surface area contributed by atoms with E-state index in [0.29, 0.717) is 15.6 Å². The monoisotopic (exact) mass is 314 g/mol. The molecule has 0 saturated carbocycles. The average Bonchev–Trinajstić information content (AvgIpc) is 2.93. The van der Waals surface area contributed by atoms with Gasteiger partial charge < -0.3 is 0 Å². The first-order chi connectivity index (χ1) is 9.09. The molecule has 0 bridgehead atoms. The van der Waals surface area contributed by atoms with E-state index in [4.69, 9.17) is 23.2 Å². The number of halogens is 2. The van der Waals surface area contributed by atoms with Crippen molar-refractivity contribution in [1.29, 1.82) is 0 Å². The lowest BCUT2D eigenvalue weighted by atomic mass is 10.3. The molecule has 0 radical (unpaired) electrons. The first kappa shape index (κ1) is 13.9. The normalized spacial score (nSPS) is 10.0. The number of thiophene rings is 1. The highest BCUT2D eigenvalue weighted by Crippen LogP contribution is 2.28. The number of hydrazine groups is 1. The van der Waals surface area contributed by atoms with Crippen LogP contribution in [0, 0.1) is 0 Å². The molecule has 1 aromatic heterocycles. The number of carbonyl (C=O) groups is 2. The standard InChI is InChI=1S/C12H8Cl2N2O2S/c13-7-3-1-4-8(10(7)14)15-16-12(18)11(17)9-5-2-6-19-9/h1-6,15H,(H,16,18). The van der Waals surface area contributed by atoms with Gasteiger partial charge in [0.05, 0.1) is 20.6 Å². The van der Waals surface area contributed by atoms with Crippen LogP contribution in [-0.2, 0) is 4.79 Å². The van der Waals surface area contributed by atoms with Crippen molar-refractivity contribution in [3.63, 3.8) is 0 Å². The average molecular weight is 315 g/mol. The number of rotatable bonds is 4. The molecule has 0 unspecified atom stereocenters. The smallest absolute Gasteiger partial charge is 0.297 e. The zero-order valence-corrected chi connectivity index (χ0v) is 11.8. The zero-order valence-electron chi connectivity index (χ0n) is 9.44. The third kappa shape index (κ3) is 3.26. The molecule has 1 aromatic carbocycles. The SMILES string of the molecule is O=C(NNc1cccc(Cl)c1Cl)C(=O)c1cccs1. The molecule has 0 aliphatic carbocycles. The van der Waals surface area contributed by atoms with E-state index >= 15 is 0 Å². The maximum absolute atomic E-state index is 11.7. The predicted octanol–water partition coefficient (Wildman–Crippen LogP) is 3.38. The van der Waals surface area contributed by atoms with Crippen LogP contribution in [-0.4, -0.2) is 11.7 Å². The largest absolute Gasteiger partial charge is 0.311 e. The Hall–Kier alpha value is -1.56. The van der Waals surface area contributed by atoms with Crippen molar-refractivity contribution in [3.8, 4) is 0 Å². The molecular weight excluding hydrogens is 307 g/mol. The Morgan fingerprint density at radius 2 is 1.89 bits per heavy atom. The van der Waals surface area contributed by atoms with Crippen molar-refractivity contribution in [2.45, 2.75) is 0 Å². The minimum absolute atomic E-state index is 0.271. The Balaban J connectivity index is 2.01. The van der Waals surface area contributed by atoms with Crippen LogP contribution in [0.4, 0.5) is 5.69 Å². The van der Waals surface area contributed by atoms with Crippen LogP contribution in [0.15, 0.2) is 35.7 Å². The van der Waals surface area contributed by atoms with Crippen LogP contribution in [0.2, 0.25) is 10.0 Å². The Kier molecular flexibility index (Phi) is 4.42. The Bertz CT molecular complexity index is 614. The Labute approximate surface area is 123 Å². The van der Waals surface area contributed by atoms with E-state index in [1.165, 1.54) is 11.3 Å². The number of anilines is 1. The van der Waals surface area contributed by atoms with Crippen LogP contribution in [0.25, 0.3) is 0 Å². The van der Waals surface area contributed by atoms with E-state index in [2.05, 4.69) is 10.9 Å². The van der Waals surface area contributed by atoms with Gasteiger partial charge in [0, 0.05) is 0 Å². The molecule has 98 valence electrons. The maximum atomic E-state index is 11.7. The third-order valence-corrected chi connectivity index (χ3v) is 3.90. The van der Waals surface area contributed by atoms with E-state index in [0.717, 1.165) is 0 Å². The molecule has 2 aromatic rings. The van der Waals surface area contributed by atoms with Crippen molar-refractivity contribution in [2.75, 3.05) is 5.43 Å². The number of hydrogen-bond acceptors (Lipinski definition) is 4. The van der Waals surface area contributed by atoms with Gasteiger partial charge in [-0.15, -0.1) is 11.3 Å². The Morgan fingerprint density at radius 1 is 1.11 bits per heavy atom. The lowest BCUT2D eigenvalue weighted by Gasteiger charge is -2.09. The summed E-state index contributed by atoms with van der Waals surface area (Å²) in [7, 11) is 0. The molecule has 7 heteroatoms. The van der Waals surface area contributed by atoms with Crippen molar-refractivity contribution < 1.29 is 9.59 Å². The zero-order chi connectivity index (χ0) is 13.8. The lowest BCUT2D eigenvalue weighted by molar-refractivity contribution is -0.116. The molecule has 2 N–H and O–H groups in total. The summed E-state index contributed by atoms with van der Waals surface area (Å²) < 4.78 is 0. The van der Waals surface area contributed by atoms with E-state index in [1.54, 1.807) is 35.7 Å². The number of Topliss-reactive ketones (excluding diaryl/α,β-unsaturated/α-hetero) is 1. The predicted molar refractivity (Wildman–Crippen MR) is 76.9 cm³/mol. The number of ketones is 1. The summed E-state index contributed by atoms with van der Waals surface area (Å²) in [5.74, 6) is -1.38. The van der Waals surface area contributed by atoms with Gasteiger partial charge in [0.2, 0.25) is 0 Å². The van der Waals surface area contributed by atoms with E-state index in [1.807, 2.05) is 0 Å². The van der Waals surface area contributed by atoms with Gasteiger partial charge in [-0.1, -0.05) is 35.3 Å². The van der Waals surface area contributed by atoms with Crippen molar-refractivity contribution in [2.24, 2.45) is 0 Å². The van der Waals surface area contributed by atoms with Crippen molar-refractivity contribution >= 4 is 51.9 Å². The summed E-state index contributed by atoms with van der Waals surface area (Å²) >= 11 is 13.0. The molecule has 0 saturated heterocycles. The molecule has 2 rings (SSSR count). The van der Waals surface area contributed by atoms with Crippen LogP contribution in [0.5, 0.6) is 0 Å². The summed E-state index contributed by atoms with van der Waals surface area (Å²) in [5, 5.41) is 2.35. The lowest BCUT2D eigenvalue weighted by Crippen LogP contribution is -2.35. The van der Waals surface area contributed by atoms with Crippen LogP contribution in [0.1, 0.15) is 9.67 Å². The van der Waals surface area contributed by atoms with Crippen LogP contribution < -0.4 is 10.9 Å². The van der Waals surface area contributed by atoms with Gasteiger partial charge in [-0.05, 0) is 23.6 Å². The second kappa shape index (κ2) is 6.06. The summed E-state index contributed by atoms with van der Waals surface area (Å²) in [5.41, 5.74) is 5.26.